The van der Waals surface area contributed by atoms with Crippen LogP contribution in [0.1, 0.15) is 120 Å². The maximum atomic E-state index is 16.4. The maximum absolute atomic E-state index is 16.4. The smallest absolute Gasteiger partial charge is 0.330 e. The number of carbonyl (C=O) groups excluding carboxylic acids is 7. The molecule has 9 heterocycles. The van der Waals surface area contributed by atoms with Gasteiger partial charge in [0.2, 0.25) is 53.4 Å². The number of hydrogen-bond donors (Lipinski definition) is 22. The van der Waals surface area contributed by atoms with E-state index >= 15 is 24.0 Å². The molecule has 680 valence electrons. The normalized spacial score (nSPS) is 29.6. The highest BCUT2D eigenvalue weighted by Gasteiger charge is 2.53. The van der Waals surface area contributed by atoms with Gasteiger partial charge in [-0.2, -0.15) is 0 Å². The number of likely N-dealkylation sites (N-methyl/N-ethyl adjacent to an activating group) is 1. The number of amides is 7. The van der Waals surface area contributed by atoms with Crippen LogP contribution < -0.4 is 68.2 Å². The van der Waals surface area contributed by atoms with E-state index in [2.05, 4.69) is 42.5 Å². The molecule has 7 aromatic rings. The SMILES string of the molecule is CN[C@H](CC(C)C)C(=O)NC1C(=O)N[C@@H](CC(N)=O)C(=O)N[C@H]2C(=O)N[C@H]3C(=O)N[C@H](C(=O)N[C@@H](C(=O)O)c4cc(O)cc(O)c4-c4cc3ccc4O)[C@H](O[C@H]3C[C@](C)(N)[C@@H](O)[C@H](C)O3)c3ccc(c(Cl)c3)Oc3cc2cc(c3O[C@@H]2O[C@H](CO)[C@@H](O[C@@H]3O[C@H](CNCc4ccc(/C=C/c5ccc(Cl)cc5)s4)[C@H](O)[C@H](O)[C@H]3O)[C@H](O)[C@H]2O)Oc2ccc(cc2Cl)[C@H]1O. The van der Waals surface area contributed by atoms with E-state index in [1.165, 1.54) is 44.4 Å². The standard InChI is InChI=1S/C85H95Cl3N10O28S/c1-33(2)20-48(91-5)76(111)97-64-66(104)37-10-18-52(46(87)22-37)120-54-24-39-25-55(73(54)125-84-71(109)69(107)74(57(32-99)123-84)126-83-70(108)68(106)67(105)56(122-83)31-92-30-43-16-15-42(127-43)14-8-35-6-12-40(86)13-7-35)121-53-19-11-38(23-47(53)88)72(124-59-29-85(4,90)75(110)34(3)119-59)65-81(116)96-63(82(117)118)45-26-41(100)27-51(102)60(45)44-21-36(9-17-50(44)101)61(78(113)98-65)95-79(114)62(39)94-77(112)49(28-58(89)103)93-80(64)115/h6-19,21-27,33-34,48-49,56-57,59,61-72,74-75,83-84,91-92,99-102,104-110H,20,28-32,90H2,1-5H3,(H2,89,103)(H,93,115)(H,94,112)(H,95,114)(H,96,116)(H,97,111)(H,98,113)(H,117,118)/b14-8+/t34-,48+,49-,56+,57+,59-,61+,62+,63+,64?,65-,66+,67-,68-,69+,70+,71+,72+,74+,75-,83-,84-,85-/m0/s1. The number of phenols is 3. The van der Waals surface area contributed by atoms with Crippen molar-refractivity contribution in [3.05, 3.63) is 173 Å². The number of primary amides is 1. The number of rotatable bonds is 21. The zero-order valence-corrected chi connectivity index (χ0v) is 71.3. The fourth-order valence-corrected chi connectivity index (χ4v) is 17.1. The van der Waals surface area contributed by atoms with E-state index in [4.69, 9.17) is 84.2 Å². The number of nitrogens with two attached hydrogens (primary N) is 2. The van der Waals surface area contributed by atoms with Gasteiger partial charge in [0.05, 0.1) is 41.3 Å². The minimum atomic E-state index is -2.43. The average molecular weight is 1840 g/mol. The lowest BCUT2D eigenvalue weighted by atomic mass is 9.86. The monoisotopic (exact) mass is 1840 g/mol. The van der Waals surface area contributed by atoms with Gasteiger partial charge < -0.3 is 153 Å². The summed E-state index contributed by atoms with van der Waals surface area (Å²) in [5, 5.41) is 160. The predicted molar refractivity (Wildman–Crippen MR) is 451 cm³/mol. The summed E-state index contributed by atoms with van der Waals surface area (Å²) in [5.41, 5.74) is 8.91. The van der Waals surface area contributed by atoms with Gasteiger partial charge in [-0.1, -0.05) is 85.1 Å². The van der Waals surface area contributed by atoms with Crippen LogP contribution in [0.5, 0.6) is 46.0 Å². The van der Waals surface area contributed by atoms with Gasteiger partial charge in [-0.05, 0) is 146 Å². The van der Waals surface area contributed by atoms with Crippen molar-refractivity contribution in [1.29, 1.82) is 0 Å². The van der Waals surface area contributed by atoms with Crippen molar-refractivity contribution >= 4 is 106 Å². The van der Waals surface area contributed by atoms with Crippen LogP contribution in [-0.2, 0) is 68.6 Å². The Bertz CT molecular complexity index is 5320. The number of ether oxygens (including phenoxy) is 8. The molecule has 24 N–H and O–H groups in total. The third-order valence-electron chi connectivity index (χ3n) is 22.3. The Kier molecular flexibility index (Phi) is 29.4. The van der Waals surface area contributed by atoms with Crippen LogP contribution in [-0.4, -0.2) is 238 Å². The number of phenolic OH excluding ortho intramolecular Hbond substituents is 3. The lowest BCUT2D eigenvalue weighted by Crippen LogP contribution is -2.65. The second-order valence-electron chi connectivity index (χ2n) is 32.2. The third kappa shape index (κ3) is 21.1. The fourth-order valence-electron chi connectivity index (χ4n) is 15.7. The van der Waals surface area contributed by atoms with Crippen LogP contribution in [0.15, 0.2) is 115 Å². The molecule has 7 amide bonds. The maximum Gasteiger partial charge on any atom is 0.330 e. The summed E-state index contributed by atoms with van der Waals surface area (Å²) in [6.07, 6.45) is -25.3. The number of aliphatic carboxylic acids is 1. The van der Waals surface area contributed by atoms with Crippen LogP contribution in [0.2, 0.25) is 15.1 Å². The molecular formula is C85H95Cl3N10O28S. The van der Waals surface area contributed by atoms with Gasteiger partial charge in [0.15, 0.2) is 30.1 Å². The summed E-state index contributed by atoms with van der Waals surface area (Å²) in [6.45, 7) is 5.50. The topological polar surface area (TPSA) is 601 Å². The van der Waals surface area contributed by atoms with Crippen molar-refractivity contribution in [3.63, 3.8) is 0 Å². The Balaban J connectivity index is 0.954. The highest BCUT2D eigenvalue weighted by Crippen LogP contribution is 2.50. The molecule has 11 bridgehead atoms. The number of carboxylic acid groups (broad SMARTS) is 1. The lowest BCUT2D eigenvalue weighted by Gasteiger charge is -2.46. The van der Waals surface area contributed by atoms with Crippen molar-refractivity contribution in [2.75, 3.05) is 20.2 Å². The summed E-state index contributed by atoms with van der Waals surface area (Å²) in [4.78, 5) is 122. The predicted octanol–water partition coefficient (Wildman–Crippen LogP) is 2.61. The van der Waals surface area contributed by atoms with Gasteiger partial charge in [0.1, 0.15) is 120 Å². The van der Waals surface area contributed by atoms with E-state index in [0.717, 1.165) is 82.0 Å². The summed E-state index contributed by atoms with van der Waals surface area (Å²) in [7, 11) is 1.46. The average Bonchev–Trinajstić information content (AvgIpc) is 1.23. The minimum Gasteiger partial charge on any atom is -0.508 e. The molecule has 1 unspecified atom stereocenters. The zero-order chi connectivity index (χ0) is 91.6. The molecule has 15 rings (SSSR count). The molecule has 3 saturated heterocycles. The molecule has 23 atom stereocenters. The van der Waals surface area contributed by atoms with Gasteiger partial charge in [-0.15, -0.1) is 11.3 Å². The Morgan fingerprint density at radius 1 is 0.661 bits per heavy atom. The number of carbonyl (C=O) groups is 8. The second-order valence-corrected chi connectivity index (χ2v) is 34.6. The minimum absolute atomic E-state index is 0.130. The first-order valence-corrected chi connectivity index (χ1v) is 42.1. The number of thiophene rings is 1. The number of halogens is 3. The first-order chi connectivity index (χ1) is 60.3. The van der Waals surface area contributed by atoms with Crippen LogP contribution in [0.4, 0.5) is 0 Å². The number of aliphatic hydroxyl groups excluding tert-OH is 8. The molecule has 6 aromatic carbocycles. The number of nitrogens with one attached hydrogen (secondary N) is 8. The Labute approximate surface area is 743 Å². The van der Waals surface area contributed by atoms with Crippen molar-refractivity contribution < 1.29 is 138 Å². The Morgan fingerprint density at radius 2 is 1.30 bits per heavy atom. The number of benzene rings is 6. The Hall–Kier alpha value is -10.5. The van der Waals surface area contributed by atoms with Crippen LogP contribution in [0.25, 0.3) is 23.3 Å². The molecule has 0 saturated carbocycles. The largest absolute Gasteiger partial charge is 0.508 e. The zero-order valence-electron chi connectivity index (χ0n) is 68.2. The molecule has 0 aliphatic carbocycles. The molecule has 127 heavy (non-hydrogen) atoms. The molecule has 8 aliphatic rings. The third-order valence-corrected chi connectivity index (χ3v) is 24.2. The summed E-state index contributed by atoms with van der Waals surface area (Å²) in [5.74, 6) is -16.7. The van der Waals surface area contributed by atoms with Crippen molar-refractivity contribution in [2.24, 2.45) is 17.4 Å². The second kappa shape index (κ2) is 39.7. The molecule has 8 aliphatic heterocycles. The van der Waals surface area contributed by atoms with Crippen LogP contribution in [0, 0.1) is 5.92 Å². The van der Waals surface area contributed by atoms with Crippen molar-refractivity contribution in [2.45, 2.75) is 193 Å². The molecule has 1 aromatic heterocycles. The van der Waals surface area contributed by atoms with Crippen LogP contribution in [0.3, 0.4) is 0 Å². The number of aromatic hydroxyl groups is 3. The van der Waals surface area contributed by atoms with E-state index < -0.39 is 284 Å². The lowest BCUT2D eigenvalue weighted by molar-refractivity contribution is -0.350. The van der Waals surface area contributed by atoms with Crippen LogP contribution >= 0.6 is 46.1 Å². The highest BCUT2D eigenvalue weighted by atomic mass is 35.5. The Morgan fingerprint density at radius 3 is 1.94 bits per heavy atom. The van der Waals surface area contributed by atoms with Gasteiger partial charge in [0, 0.05) is 62.6 Å². The van der Waals surface area contributed by atoms with Gasteiger partial charge in [-0.3, -0.25) is 33.6 Å². The number of carboxylic acids is 1. The number of fused-ring (bicyclic) bond motifs is 15. The molecule has 0 spiro atoms. The number of hydrogen-bond acceptors (Lipinski definition) is 31. The fraction of sp³-hybridized carbons (Fsp3) is 0.412. The van der Waals surface area contributed by atoms with Gasteiger partial charge >= 0.3 is 5.97 Å². The first-order valence-electron chi connectivity index (χ1n) is 40.1. The molecule has 3 fully saturated rings. The first kappa shape index (κ1) is 94.2. The van der Waals surface area contributed by atoms with E-state index in [0.29, 0.717) is 5.02 Å². The van der Waals surface area contributed by atoms with Gasteiger partial charge in [-0.25, -0.2) is 4.79 Å². The molecule has 42 heteroatoms. The molecule has 0 radical (unpaired) electrons. The van der Waals surface area contributed by atoms with Gasteiger partial charge in [0.25, 0.3) is 0 Å². The summed E-state index contributed by atoms with van der Waals surface area (Å²) >= 11 is 22.0. The van der Waals surface area contributed by atoms with Crippen molar-refractivity contribution in [1.82, 2.24) is 42.5 Å². The van der Waals surface area contributed by atoms with Crippen molar-refractivity contribution in [3.8, 4) is 57.1 Å². The summed E-state index contributed by atoms with van der Waals surface area (Å²) in [6, 6.07) is 10.0. The quantitative estimate of drug-likeness (QED) is 0.0491. The summed E-state index contributed by atoms with van der Waals surface area (Å²) < 4.78 is 51.3. The van der Waals surface area contributed by atoms with E-state index in [1.54, 1.807) is 26.0 Å². The van der Waals surface area contributed by atoms with E-state index in [9.17, 15) is 75.7 Å². The highest BCUT2D eigenvalue weighted by molar-refractivity contribution is 7.12. The van der Waals surface area contributed by atoms with E-state index in [1.807, 2.05) is 36.4 Å². The molecule has 38 nitrogen and oxygen atoms in total. The van der Waals surface area contributed by atoms with E-state index in [-0.39, 0.29) is 43.0 Å². The number of aliphatic hydroxyl groups is 8. The molecular weight excluding hydrogens is 1750 g/mol.